The molecule has 2 aromatic carbocycles. The van der Waals surface area contributed by atoms with Gasteiger partial charge in [-0.1, -0.05) is 29.3 Å². The summed E-state index contributed by atoms with van der Waals surface area (Å²) in [4.78, 5) is 31.3. The van der Waals surface area contributed by atoms with Crippen LogP contribution in [-0.2, 0) is 4.79 Å². The van der Waals surface area contributed by atoms with Gasteiger partial charge >= 0.3 is 0 Å². The van der Waals surface area contributed by atoms with E-state index in [-0.39, 0.29) is 41.7 Å². The molecule has 1 amide bonds. The number of Topliss-reactive ketones (excluding diaryl/α,β-unsaturated/α-hetero) is 1. The van der Waals surface area contributed by atoms with E-state index in [1.165, 1.54) is 12.1 Å². The van der Waals surface area contributed by atoms with Crippen molar-refractivity contribution in [3.05, 3.63) is 70.1 Å². The van der Waals surface area contributed by atoms with Crippen LogP contribution < -0.4 is 10.1 Å². The smallest absolute Gasteiger partial charge is 0.270 e. The third-order valence-corrected chi connectivity index (χ3v) is 6.04. The van der Waals surface area contributed by atoms with Crippen LogP contribution in [0, 0.1) is 5.82 Å². The molecule has 1 N–H and O–H groups in total. The van der Waals surface area contributed by atoms with Gasteiger partial charge in [0.05, 0.1) is 17.1 Å². The number of ether oxygens (including phenoxy) is 1. The van der Waals surface area contributed by atoms with E-state index in [1.54, 1.807) is 24.3 Å². The number of carbonyl (C=O) groups excluding carboxylic acids is 2. The van der Waals surface area contributed by atoms with E-state index in [1.807, 2.05) is 11.0 Å². The number of ketones is 1. The second-order valence-corrected chi connectivity index (χ2v) is 8.80. The van der Waals surface area contributed by atoms with Gasteiger partial charge in [0.15, 0.2) is 5.78 Å². The fourth-order valence-electron chi connectivity index (χ4n) is 3.74. The second kappa shape index (κ2) is 10.5. The Bertz CT molecular complexity index is 1180. The molecule has 0 atom stereocenters. The molecule has 1 fully saturated rings. The van der Waals surface area contributed by atoms with Crippen molar-refractivity contribution in [3.8, 4) is 5.75 Å². The van der Waals surface area contributed by atoms with Crippen molar-refractivity contribution < 1.29 is 18.7 Å². The average molecular weight is 490 g/mol. The summed E-state index contributed by atoms with van der Waals surface area (Å²) in [7, 11) is 0. The van der Waals surface area contributed by atoms with E-state index < -0.39 is 5.82 Å². The molecule has 1 aliphatic heterocycles. The summed E-state index contributed by atoms with van der Waals surface area (Å²) in [5.41, 5.74) is 1.07. The third-order valence-electron chi connectivity index (χ3n) is 5.50. The summed E-state index contributed by atoms with van der Waals surface area (Å²) in [6.45, 7) is 1.45. The van der Waals surface area contributed by atoms with Crippen LogP contribution in [0.2, 0.25) is 10.0 Å². The Morgan fingerprint density at radius 3 is 2.64 bits per heavy atom. The van der Waals surface area contributed by atoms with E-state index in [4.69, 9.17) is 27.9 Å². The van der Waals surface area contributed by atoms with Crippen molar-refractivity contribution in [2.75, 3.05) is 26.2 Å². The number of fused-ring (bicyclic) bond motifs is 1. The number of halogens is 3. The first kappa shape index (κ1) is 23.4. The number of hydrogen-bond donors (Lipinski definition) is 1. The fraction of sp³-hybridized carbons (Fsp3) is 0.292. The number of likely N-dealkylation sites (tertiary alicyclic amines) is 1. The molecule has 0 aliphatic carbocycles. The first-order valence-corrected chi connectivity index (χ1v) is 11.3. The Morgan fingerprint density at radius 1 is 1.09 bits per heavy atom. The highest BCUT2D eigenvalue weighted by Crippen LogP contribution is 2.21. The van der Waals surface area contributed by atoms with Crippen LogP contribution in [0.25, 0.3) is 10.9 Å². The molecule has 1 aromatic heterocycles. The van der Waals surface area contributed by atoms with Crippen LogP contribution in [0.3, 0.4) is 0 Å². The molecular formula is C24H22Cl2FN3O3. The first-order chi connectivity index (χ1) is 15.9. The Hall–Kier alpha value is -2.74. The summed E-state index contributed by atoms with van der Waals surface area (Å²) in [5, 5.41) is 4.54. The number of nitrogens with one attached hydrogen (secondary N) is 1. The van der Waals surface area contributed by atoms with Crippen LogP contribution in [0.15, 0.2) is 48.5 Å². The molecule has 2 heterocycles. The Labute approximate surface area is 200 Å². The lowest BCUT2D eigenvalue weighted by Gasteiger charge is -2.31. The minimum absolute atomic E-state index is 0.00458. The van der Waals surface area contributed by atoms with Crippen molar-refractivity contribution in [2.24, 2.45) is 0 Å². The Morgan fingerprint density at radius 2 is 1.88 bits per heavy atom. The molecular weight excluding hydrogens is 468 g/mol. The minimum Gasteiger partial charge on any atom is -0.486 e. The van der Waals surface area contributed by atoms with Gasteiger partial charge in [0, 0.05) is 35.6 Å². The number of nitrogens with zero attached hydrogens (tertiary/aromatic N) is 2. The lowest BCUT2D eigenvalue weighted by Crippen LogP contribution is -2.46. The van der Waals surface area contributed by atoms with Gasteiger partial charge in [-0.05, 0) is 49.2 Å². The zero-order valence-electron chi connectivity index (χ0n) is 17.7. The van der Waals surface area contributed by atoms with E-state index in [9.17, 15) is 14.0 Å². The number of piperidine rings is 1. The molecule has 172 valence electrons. The van der Waals surface area contributed by atoms with Crippen LogP contribution in [0.4, 0.5) is 4.39 Å². The number of hydrogen-bond acceptors (Lipinski definition) is 5. The zero-order chi connectivity index (χ0) is 23.4. The summed E-state index contributed by atoms with van der Waals surface area (Å²) in [6.07, 6.45) is 1.46. The number of aromatic nitrogens is 1. The van der Waals surface area contributed by atoms with Crippen molar-refractivity contribution >= 4 is 45.8 Å². The van der Waals surface area contributed by atoms with Crippen LogP contribution in [0.5, 0.6) is 5.75 Å². The summed E-state index contributed by atoms with van der Waals surface area (Å²) >= 11 is 11.6. The molecule has 6 nitrogen and oxygen atoms in total. The van der Waals surface area contributed by atoms with Gasteiger partial charge in [-0.2, -0.15) is 0 Å². The van der Waals surface area contributed by atoms with Crippen LogP contribution in [0.1, 0.15) is 23.3 Å². The third kappa shape index (κ3) is 6.19. The molecule has 0 unspecified atom stereocenters. The minimum atomic E-state index is -0.589. The molecule has 0 radical (unpaired) electrons. The number of amides is 1. The molecule has 0 spiro atoms. The first-order valence-electron chi connectivity index (χ1n) is 10.6. The lowest BCUT2D eigenvalue weighted by atomic mass is 10.0. The molecule has 0 bridgehead atoms. The Balaban J connectivity index is 1.22. The maximum absolute atomic E-state index is 13.5. The number of carbonyl (C=O) groups is 2. The van der Waals surface area contributed by atoms with Gasteiger partial charge in [-0.25, -0.2) is 9.37 Å². The highest BCUT2D eigenvalue weighted by Gasteiger charge is 2.23. The molecule has 1 saturated heterocycles. The molecule has 1 aliphatic rings. The predicted molar refractivity (Wildman–Crippen MR) is 126 cm³/mol. The largest absolute Gasteiger partial charge is 0.486 e. The zero-order valence-corrected chi connectivity index (χ0v) is 19.2. The van der Waals surface area contributed by atoms with Crippen molar-refractivity contribution in [2.45, 2.75) is 18.9 Å². The second-order valence-electron chi connectivity index (χ2n) is 7.96. The predicted octanol–water partition coefficient (Wildman–Crippen LogP) is 4.52. The molecule has 33 heavy (non-hydrogen) atoms. The maximum atomic E-state index is 13.5. The van der Waals surface area contributed by atoms with Crippen LogP contribution in [-0.4, -0.2) is 53.9 Å². The number of benzene rings is 2. The fourth-order valence-corrected chi connectivity index (χ4v) is 4.04. The highest BCUT2D eigenvalue weighted by molar-refractivity contribution is 6.31. The van der Waals surface area contributed by atoms with Crippen molar-refractivity contribution in [1.29, 1.82) is 0 Å². The van der Waals surface area contributed by atoms with Gasteiger partial charge in [0.1, 0.15) is 23.9 Å². The summed E-state index contributed by atoms with van der Waals surface area (Å²) in [5.74, 6) is -0.649. The van der Waals surface area contributed by atoms with Crippen molar-refractivity contribution in [3.63, 3.8) is 0 Å². The standard InChI is InChI=1S/C24H22Cl2FN3O3/c25-16-2-6-22-15(11-16)1-5-23(29-22)24(32)28-17-7-9-30(10-8-17)13-18(31)14-33-19-3-4-20(26)21(27)12-19/h1-6,11-12,17H,7-10,13-14H2,(H,28,32). The van der Waals surface area contributed by atoms with Crippen LogP contribution >= 0.6 is 23.2 Å². The average Bonchev–Trinajstić information content (AvgIpc) is 2.80. The molecule has 3 aromatic rings. The molecule has 4 rings (SSSR count). The quantitative estimate of drug-likeness (QED) is 0.528. The summed E-state index contributed by atoms with van der Waals surface area (Å²) < 4.78 is 18.8. The van der Waals surface area contributed by atoms with Crippen molar-refractivity contribution in [1.82, 2.24) is 15.2 Å². The summed E-state index contributed by atoms with van der Waals surface area (Å²) in [6, 6.07) is 12.9. The van der Waals surface area contributed by atoms with Gasteiger partial charge in [0.25, 0.3) is 5.91 Å². The van der Waals surface area contributed by atoms with Gasteiger partial charge in [-0.15, -0.1) is 0 Å². The van der Waals surface area contributed by atoms with Gasteiger partial charge in [-0.3, -0.25) is 14.5 Å². The monoisotopic (exact) mass is 489 g/mol. The normalized spacial score (nSPS) is 14.9. The maximum Gasteiger partial charge on any atom is 0.270 e. The number of rotatable bonds is 7. The van der Waals surface area contributed by atoms with E-state index in [2.05, 4.69) is 10.3 Å². The molecule has 0 saturated carbocycles. The lowest BCUT2D eigenvalue weighted by molar-refractivity contribution is -0.122. The van der Waals surface area contributed by atoms with E-state index >= 15 is 0 Å². The Kier molecular flexibility index (Phi) is 7.42. The van der Waals surface area contributed by atoms with Gasteiger partial charge < -0.3 is 10.1 Å². The van der Waals surface area contributed by atoms with Gasteiger partial charge in [0.2, 0.25) is 0 Å². The number of pyridine rings is 1. The molecule has 9 heteroatoms. The van der Waals surface area contributed by atoms with E-state index in [0.29, 0.717) is 29.3 Å². The highest BCUT2D eigenvalue weighted by atomic mass is 35.5. The topological polar surface area (TPSA) is 71.5 Å². The SMILES string of the molecule is O=C(COc1ccc(Cl)c(F)c1)CN1CCC(NC(=O)c2ccc3cc(Cl)ccc3n2)CC1. The van der Waals surface area contributed by atoms with E-state index in [0.717, 1.165) is 24.3 Å².